The molecule has 2 rings (SSSR count). The van der Waals surface area contributed by atoms with E-state index in [2.05, 4.69) is 9.97 Å². The SMILES string of the molecule is Cl.O=C(O)C1CCN(c2ccncn2)C1. The molecule has 0 spiro atoms. The zero-order chi connectivity index (χ0) is 9.97. The van der Waals surface area contributed by atoms with Crippen molar-refractivity contribution < 1.29 is 9.90 Å². The van der Waals surface area contributed by atoms with Gasteiger partial charge >= 0.3 is 5.97 Å². The summed E-state index contributed by atoms with van der Waals surface area (Å²) in [5.74, 6) is -0.171. The highest BCUT2D eigenvalue weighted by molar-refractivity contribution is 5.85. The van der Waals surface area contributed by atoms with Crippen molar-refractivity contribution in [3.05, 3.63) is 18.6 Å². The van der Waals surface area contributed by atoms with E-state index >= 15 is 0 Å². The van der Waals surface area contributed by atoms with Gasteiger partial charge in [-0.2, -0.15) is 0 Å². The molecule has 5 nitrogen and oxygen atoms in total. The van der Waals surface area contributed by atoms with Crippen LogP contribution >= 0.6 is 12.4 Å². The van der Waals surface area contributed by atoms with Gasteiger partial charge in [-0.05, 0) is 12.5 Å². The Bertz CT molecular complexity index is 333. The number of carboxylic acids is 1. The van der Waals surface area contributed by atoms with Crippen molar-refractivity contribution in [3.8, 4) is 0 Å². The zero-order valence-corrected chi connectivity index (χ0v) is 8.85. The van der Waals surface area contributed by atoms with Crippen LogP contribution in [-0.4, -0.2) is 34.1 Å². The molecule has 0 amide bonds. The molecule has 1 saturated heterocycles. The largest absolute Gasteiger partial charge is 0.481 e. The standard InChI is InChI=1S/C9H11N3O2.ClH/c13-9(14)7-2-4-12(5-7)8-1-3-10-6-11-8;/h1,3,6-7H,2,4-5H2,(H,13,14);1H. The summed E-state index contributed by atoms with van der Waals surface area (Å²) in [4.78, 5) is 20.6. The van der Waals surface area contributed by atoms with Gasteiger partial charge < -0.3 is 10.0 Å². The highest BCUT2D eigenvalue weighted by Gasteiger charge is 2.28. The van der Waals surface area contributed by atoms with Gasteiger partial charge in [0.15, 0.2) is 0 Å². The Morgan fingerprint density at radius 2 is 2.40 bits per heavy atom. The van der Waals surface area contributed by atoms with Crippen LogP contribution < -0.4 is 4.90 Å². The lowest BCUT2D eigenvalue weighted by Gasteiger charge is -2.15. The molecule has 1 aromatic heterocycles. The first-order valence-electron chi connectivity index (χ1n) is 4.51. The molecule has 1 N–H and O–H groups in total. The number of hydrogen-bond donors (Lipinski definition) is 1. The predicted octanol–water partition coefficient (Wildman–Crippen LogP) is 0.809. The number of rotatable bonds is 2. The lowest BCUT2D eigenvalue weighted by atomic mass is 10.1. The Morgan fingerprint density at radius 3 is 2.93 bits per heavy atom. The van der Waals surface area contributed by atoms with Gasteiger partial charge in [0, 0.05) is 19.3 Å². The van der Waals surface area contributed by atoms with Crippen LogP contribution in [0.5, 0.6) is 0 Å². The smallest absolute Gasteiger partial charge is 0.308 e. The molecule has 82 valence electrons. The maximum Gasteiger partial charge on any atom is 0.308 e. The second kappa shape index (κ2) is 4.93. The van der Waals surface area contributed by atoms with Crippen molar-refractivity contribution in [2.24, 2.45) is 5.92 Å². The van der Waals surface area contributed by atoms with Gasteiger partial charge in [-0.15, -0.1) is 12.4 Å². The average Bonchev–Trinajstić information content (AvgIpc) is 2.68. The van der Waals surface area contributed by atoms with Crippen molar-refractivity contribution in [2.45, 2.75) is 6.42 Å². The number of aliphatic carboxylic acids is 1. The summed E-state index contributed by atoms with van der Waals surface area (Å²) in [6.07, 6.45) is 3.83. The average molecular weight is 230 g/mol. The van der Waals surface area contributed by atoms with Crippen LogP contribution in [-0.2, 0) is 4.79 Å². The lowest BCUT2D eigenvalue weighted by molar-refractivity contribution is -0.140. The van der Waals surface area contributed by atoms with Crippen molar-refractivity contribution in [1.29, 1.82) is 0 Å². The fourth-order valence-electron chi connectivity index (χ4n) is 1.64. The number of carboxylic acid groups (broad SMARTS) is 1. The van der Waals surface area contributed by atoms with E-state index in [1.807, 2.05) is 4.90 Å². The summed E-state index contributed by atoms with van der Waals surface area (Å²) in [5.41, 5.74) is 0. The number of carbonyl (C=O) groups is 1. The molecule has 6 heteroatoms. The second-order valence-corrected chi connectivity index (χ2v) is 3.34. The third kappa shape index (κ3) is 2.56. The summed E-state index contributed by atoms with van der Waals surface area (Å²) < 4.78 is 0. The minimum atomic E-state index is -0.721. The maximum atomic E-state index is 10.7. The van der Waals surface area contributed by atoms with Gasteiger partial charge in [0.05, 0.1) is 5.92 Å². The molecule has 1 fully saturated rings. The molecule has 0 saturated carbocycles. The van der Waals surface area contributed by atoms with Crippen molar-refractivity contribution >= 4 is 24.2 Å². The zero-order valence-electron chi connectivity index (χ0n) is 8.04. The van der Waals surface area contributed by atoms with E-state index in [4.69, 9.17) is 5.11 Å². The number of aromatic nitrogens is 2. The molecular weight excluding hydrogens is 218 g/mol. The van der Waals surface area contributed by atoms with Gasteiger partial charge in [-0.3, -0.25) is 4.79 Å². The third-order valence-electron chi connectivity index (χ3n) is 2.43. The number of hydrogen-bond acceptors (Lipinski definition) is 4. The summed E-state index contributed by atoms with van der Waals surface area (Å²) in [7, 11) is 0. The van der Waals surface area contributed by atoms with Gasteiger partial charge in [0.2, 0.25) is 0 Å². The summed E-state index contributed by atoms with van der Waals surface area (Å²) in [6.45, 7) is 1.31. The van der Waals surface area contributed by atoms with Crippen LogP contribution in [0.25, 0.3) is 0 Å². The van der Waals surface area contributed by atoms with Gasteiger partial charge in [0.25, 0.3) is 0 Å². The van der Waals surface area contributed by atoms with Crippen LogP contribution in [0.4, 0.5) is 5.82 Å². The Kier molecular flexibility index (Phi) is 3.85. The normalized spacial score (nSPS) is 19.7. The molecule has 2 heterocycles. The van der Waals surface area contributed by atoms with Crippen LogP contribution in [0.1, 0.15) is 6.42 Å². The Morgan fingerprint density at radius 1 is 1.60 bits per heavy atom. The first kappa shape index (κ1) is 11.7. The molecular formula is C9H12ClN3O2. The molecule has 15 heavy (non-hydrogen) atoms. The van der Waals surface area contributed by atoms with E-state index in [0.29, 0.717) is 13.0 Å². The van der Waals surface area contributed by atoms with Crippen LogP contribution in [0.3, 0.4) is 0 Å². The number of anilines is 1. The highest BCUT2D eigenvalue weighted by Crippen LogP contribution is 2.21. The molecule has 1 aliphatic heterocycles. The molecule has 0 aromatic carbocycles. The third-order valence-corrected chi connectivity index (χ3v) is 2.43. The van der Waals surface area contributed by atoms with E-state index in [1.54, 1.807) is 12.3 Å². The predicted molar refractivity (Wildman–Crippen MR) is 57.2 cm³/mol. The highest BCUT2D eigenvalue weighted by atomic mass is 35.5. The summed E-state index contributed by atoms with van der Waals surface area (Å²) >= 11 is 0. The van der Waals surface area contributed by atoms with Crippen molar-refractivity contribution in [1.82, 2.24) is 9.97 Å². The van der Waals surface area contributed by atoms with E-state index in [1.165, 1.54) is 6.33 Å². The van der Waals surface area contributed by atoms with E-state index < -0.39 is 5.97 Å². The Labute approximate surface area is 93.6 Å². The fraction of sp³-hybridized carbons (Fsp3) is 0.444. The lowest BCUT2D eigenvalue weighted by Crippen LogP contribution is -2.23. The molecule has 0 radical (unpaired) electrons. The minimum Gasteiger partial charge on any atom is -0.481 e. The maximum absolute atomic E-state index is 10.7. The minimum absolute atomic E-state index is 0. The molecule has 1 atom stereocenters. The quantitative estimate of drug-likeness (QED) is 0.813. The first-order chi connectivity index (χ1) is 6.77. The summed E-state index contributed by atoms with van der Waals surface area (Å²) in [5, 5.41) is 8.82. The first-order valence-corrected chi connectivity index (χ1v) is 4.51. The van der Waals surface area contributed by atoms with E-state index in [9.17, 15) is 4.79 Å². The van der Waals surface area contributed by atoms with Gasteiger partial charge in [0.1, 0.15) is 12.1 Å². The second-order valence-electron chi connectivity index (χ2n) is 3.34. The van der Waals surface area contributed by atoms with Crippen LogP contribution in [0.2, 0.25) is 0 Å². The van der Waals surface area contributed by atoms with E-state index in [-0.39, 0.29) is 18.3 Å². The van der Waals surface area contributed by atoms with E-state index in [0.717, 1.165) is 12.4 Å². The molecule has 1 unspecified atom stereocenters. The summed E-state index contributed by atoms with van der Waals surface area (Å²) in [6, 6.07) is 1.80. The van der Waals surface area contributed by atoms with Gasteiger partial charge in [-0.25, -0.2) is 9.97 Å². The molecule has 1 aromatic rings. The fourth-order valence-corrected chi connectivity index (χ4v) is 1.64. The topological polar surface area (TPSA) is 66.3 Å². The Balaban J connectivity index is 0.00000112. The molecule has 1 aliphatic rings. The van der Waals surface area contributed by atoms with Gasteiger partial charge in [-0.1, -0.05) is 0 Å². The Hall–Kier alpha value is -1.36. The number of halogens is 1. The van der Waals surface area contributed by atoms with Crippen LogP contribution in [0.15, 0.2) is 18.6 Å². The number of nitrogens with zero attached hydrogens (tertiary/aromatic N) is 3. The monoisotopic (exact) mass is 229 g/mol. The van der Waals surface area contributed by atoms with Crippen molar-refractivity contribution in [3.63, 3.8) is 0 Å². The molecule has 0 aliphatic carbocycles. The van der Waals surface area contributed by atoms with Crippen molar-refractivity contribution in [2.75, 3.05) is 18.0 Å². The van der Waals surface area contributed by atoms with Crippen LogP contribution in [0, 0.1) is 5.92 Å². The molecule has 0 bridgehead atoms.